The van der Waals surface area contributed by atoms with Crippen LogP contribution in [0.4, 0.5) is 5.69 Å². The molecule has 0 radical (unpaired) electrons. The molecule has 1 aliphatic carbocycles. The molecule has 2 N–H and O–H groups in total. The van der Waals surface area contributed by atoms with Gasteiger partial charge in [0.1, 0.15) is 12.2 Å². The van der Waals surface area contributed by atoms with Gasteiger partial charge < -0.3 is 24.7 Å². The van der Waals surface area contributed by atoms with Gasteiger partial charge in [0.25, 0.3) is 11.5 Å². The van der Waals surface area contributed by atoms with Crippen molar-refractivity contribution in [3.05, 3.63) is 96.8 Å². The predicted octanol–water partition coefficient (Wildman–Crippen LogP) is 6.41. The van der Waals surface area contributed by atoms with Gasteiger partial charge in [-0.15, -0.1) is 0 Å². The smallest absolute Gasteiger partial charge is 0.330 e. The molecule has 3 heterocycles. The second-order valence-corrected chi connectivity index (χ2v) is 14.5. The van der Waals surface area contributed by atoms with Crippen molar-refractivity contribution in [1.29, 1.82) is 0 Å². The molecule has 2 aromatic carbocycles. The van der Waals surface area contributed by atoms with Crippen LogP contribution in [0.1, 0.15) is 79.9 Å². The van der Waals surface area contributed by atoms with Crippen LogP contribution in [0, 0.1) is 12.8 Å². The van der Waals surface area contributed by atoms with Gasteiger partial charge in [-0.1, -0.05) is 69.6 Å². The lowest BCUT2D eigenvalue weighted by Gasteiger charge is -2.37. The van der Waals surface area contributed by atoms with Crippen molar-refractivity contribution in [1.82, 2.24) is 19.4 Å². The fourth-order valence-corrected chi connectivity index (χ4v) is 7.43. The van der Waals surface area contributed by atoms with E-state index < -0.39 is 17.2 Å². The summed E-state index contributed by atoms with van der Waals surface area (Å²) in [5.74, 6) is 1.05. The van der Waals surface area contributed by atoms with Gasteiger partial charge >= 0.3 is 5.69 Å². The van der Waals surface area contributed by atoms with Crippen molar-refractivity contribution < 1.29 is 19.1 Å². The molecular formula is C40H48ClN5O6. The van der Waals surface area contributed by atoms with Crippen molar-refractivity contribution in [3.8, 4) is 28.3 Å². The van der Waals surface area contributed by atoms with Gasteiger partial charge in [0, 0.05) is 49.2 Å². The third-order valence-corrected chi connectivity index (χ3v) is 10.4. The van der Waals surface area contributed by atoms with Crippen LogP contribution < -0.4 is 26.6 Å². The lowest BCUT2D eigenvalue weighted by Crippen LogP contribution is -2.52. The largest absolute Gasteiger partial charge is 0.481 e. The predicted molar refractivity (Wildman–Crippen MR) is 204 cm³/mol. The van der Waals surface area contributed by atoms with Gasteiger partial charge in [-0.05, 0) is 73.3 Å². The number of halogens is 1. The number of aryl methyl sites for hydroxylation is 2. The zero-order chi connectivity index (χ0) is 37.9. The van der Waals surface area contributed by atoms with E-state index in [4.69, 9.17) is 26.1 Å². The van der Waals surface area contributed by atoms with Gasteiger partial charge in [-0.3, -0.25) is 19.0 Å². The van der Waals surface area contributed by atoms with Crippen LogP contribution >= 0.6 is 11.6 Å². The maximum absolute atomic E-state index is 13.0. The summed E-state index contributed by atoms with van der Waals surface area (Å²) < 4.78 is 13.4. The van der Waals surface area contributed by atoms with Crippen molar-refractivity contribution in [2.75, 3.05) is 25.6 Å². The number of fused-ring (bicyclic) bond motifs is 1. The number of methoxy groups -OCH3 is 1. The number of nitrogens with one attached hydrogen (secondary N) is 2. The number of hydrogen-bond donors (Lipinski definition) is 2. The van der Waals surface area contributed by atoms with Crippen molar-refractivity contribution in [3.63, 3.8) is 0 Å². The van der Waals surface area contributed by atoms with Crippen LogP contribution in [0.25, 0.3) is 22.4 Å². The maximum Gasteiger partial charge on any atom is 0.330 e. The maximum atomic E-state index is 13.0. The Bertz CT molecular complexity index is 2110. The van der Waals surface area contributed by atoms with Crippen LogP contribution in [-0.2, 0) is 30.0 Å². The summed E-state index contributed by atoms with van der Waals surface area (Å²) in [6.07, 6.45) is 5.26. The lowest BCUT2D eigenvalue weighted by molar-refractivity contribution is -0.146. The molecule has 11 nitrogen and oxygen atoms in total. The number of morpholine rings is 1. The topological polar surface area (TPSA) is 134 Å². The third-order valence-electron chi connectivity index (χ3n) is 10.0. The Morgan fingerprint density at radius 3 is 2.48 bits per heavy atom. The number of nitrogens with zero attached hydrogens (tertiary/aromatic N) is 3. The molecule has 0 saturated carbocycles. The Morgan fingerprint density at radius 1 is 1.13 bits per heavy atom. The summed E-state index contributed by atoms with van der Waals surface area (Å²) in [5, 5.41) is 6.23. The molecule has 2 aromatic heterocycles. The molecule has 12 heteroatoms. The number of amides is 2. The molecule has 0 bridgehead atoms. The number of pyridine rings is 1. The Labute approximate surface area is 309 Å². The van der Waals surface area contributed by atoms with E-state index in [0.717, 1.165) is 58.2 Å². The van der Waals surface area contributed by atoms with E-state index in [-0.39, 0.29) is 23.7 Å². The molecule has 4 aromatic rings. The fraction of sp³-hybridized carbons (Fsp3) is 0.425. The number of aromatic nitrogens is 3. The molecular weight excluding hydrogens is 682 g/mol. The van der Waals surface area contributed by atoms with E-state index in [0.29, 0.717) is 35.0 Å². The van der Waals surface area contributed by atoms with Gasteiger partial charge in [0.2, 0.25) is 11.8 Å². The first-order chi connectivity index (χ1) is 24.7. The molecule has 0 spiro atoms. The first kappa shape index (κ1) is 38.5. The molecule has 2 amide bonds. The highest BCUT2D eigenvalue weighted by molar-refractivity contribution is 6.36. The summed E-state index contributed by atoms with van der Waals surface area (Å²) in [5.41, 5.74) is 5.46. The summed E-state index contributed by atoms with van der Waals surface area (Å²) in [6, 6.07) is 13.4. The van der Waals surface area contributed by atoms with Crippen molar-refractivity contribution in [2.45, 2.75) is 71.8 Å². The van der Waals surface area contributed by atoms with Crippen LogP contribution in [0.2, 0.25) is 5.02 Å². The van der Waals surface area contributed by atoms with Crippen LogP contribution in [-0.4, -0.2) is 51.8 Å². The first-order valence-corrected chi connectivity index (χ1v) is 18.0. The number of rotatable bonds is 8. The number of anilines is 1. The van der Waals surface area contributed by atoms with Crippen molar-refractivity contribution in [2.24, 2.45) is 20.0 Å². The second-order valence-electron chi connectivity index (χ2n) is 14.1. The van der Waals surface area contributed by atoms with Crippen LogP contribution in [0.15, 0.2) is 58.3 Å². The minimum atomic E-state index is -0.660. The Hall–Kier alpha value is -4.74. The highest BCUT2D eigenvalue weighted by Gasteiger charge is 2.34. The number of benzene rings is 2. The first-order valence-electron chi connectivity index (χ1n) is 17.7. The fourth-order valence-electron chi connectivity index (χ4n) is 7.11. The second kappa shape index (κ2) is 15.9. The van der Waals surface area contributed by atoms with E-state index in [9.17, 15) is 19.2 Å². The minimum absolute atomic E-state index is 0.00725. The number of hydrogen-bond acceptors (Lipinski definition) is 7. The Morgan fingerprint density at radius 2 is 1.83 bits per heavy atom. The van der Waals surface area contributed by atoms with Gasteiger partial charge in [0.15, 0.2) is 0 Å². The molecule has 1 aliphatic heterocycles. The summed E-state index contributed by atoms with van der Waals surface area (Å²) in [4.78, 5) is 53.3. The normalized spacial score (nSPS) is 18.0. The van der Waals surface area contributed by atoms with Crippen LogP contribution in [0.3, 0.4) is 0 Å². The van der Waals surface area contributed by atoms with E-state index in [1.54, 1.807) is 13.2 Å². The van der Waals surface area contributed by atoms with E-state index in [1.165, 1.54) is 36.0 Å². The average molecular weight is 730 g/mol. The molecule has 2 aliphatic rings. The number of carbonyl (C=O) groups is 2. The van der Waals surface area contributed by atoms with E-state index in [2.05, 4.69) is 44.4 Å². The zero-order valence-corrected chi connectivity index (χ0v) is 31.9. The lowest BCUT2D eigenvalue weighted by atomic mass is 9.89. The summed E-state index contributed by atoms with van der Waals surface area (Å²) in [7, 11) is 4.48. The third kappa shape index (κ3) is 7.85. The molecule has 276 valence electrons. The molecule has 1 saturated heterocycles. The SMILES string of the molecule is CCC1(CC(C)C)CNC(=O)CO1.COc1nc(-c2cccc(-c3cccc(NC(=O)c4cn(C)c(=O)n(C)c4=O)c3C)c2Cl)cc2c1C(C)CC2. The van der Waals surface area contributed by atoms with E-state index >= 15 is 0 Å². The van der Waals surface area contributed by atoms with Crippen molar-refractivity contribution >= 4 is 29.1 Å². The minimum Gasteiger partial charge on any atom is -0.481 e. The van der Waals surface area contributed by atoms with Crippen LogP contribution in [0.5, 0.6) is 5.88 Å². The molecule has 1 fully saturated rings. The number of ether oxygens (including phenoxy) is 2. The average Bonchev–Trinajstić information content (AvgIpc) is 3.51. The molecule has 2 unspecified atom stereocenters. The highest BCUT2D eigenvalue weighted by Crippen LogP contribution is 2.43. The zero-order valence-electron chi connectivity index (χ0n) is 31.2. The molecule has 2 atom stereocenters. The Balaban J connectivity index is 0.000000340. The van der Waals surface area contributed by atoms with Gasteiger partial charge in [-0.2, -0.15) is 0 Å². The van der Waals surface area contributed by atoms with Gasteiger partial charge in [-0.25, -0.2) is 9.78 Å². The quantitative estimate of drug-likeness (QED) is 0.214. The summed E-state index contributed by atoms with van der Waals surface area (Å²) >= 11 is 7.00. The molecule has 52 heavy (non-hydrogen) atoms. The van der Waals surface area contributed by atoms with Gasteiger partial charge in [0.05, 0.1) is 23.4 Å². The monoisotopic (exact) mass is 729 g/mol. The summed E-state index contributed by atoms with van der Waals surface area (Å²) in [6.45, 7) is 11.4. The van der Waals surface area contributed by atoms with E-state index in [1.807, 2.05) is 37.3 Å². The Kier molecular flexibility index (Phi) is 11.8. The number of carbonyl (C=O) groups excluding carboxylic acids is 2. The molecule has 6 rings (SSSR count). The standard InChI is InChI=1S/C30H29ClN4O4.C10H19NO2/c1-16-12-13-18-14-24(33-28(39-5)25(16)18)21-10-6-9-20(26(21)31)19-8-7-11-23(17(19)2)32-27(36)22-15-34(3)30(38)35(4)29(22)37;1-4-10(5-8(2)3)7-11-9(12)6-13-10/h6-11,14-16H,12-13H2,1-5H3,(H,32,36);8H,4-7H2,1-3H3,(H,11,12). The highest BCUT2D eigenvalue weighted by atomic mass is 35.5.